The van der Waals surface area contributed by atoms with Crippen LogP contribution in [0.3, 0.4) is 0 Å². The molecule has 0 unspecified atom stereocenters. The highest BCUT2D eigenvalue weighted by atomic mass is 19.1. The summed E-state index contributed by atoms with van der Waals surface area (Å²) >= 11 is 0. The number of piperidine rings is 1. The molecule has 4 heteroatoms. The van der Waals surface area contributed by atoms with Crippen molar-refractivity contribution < 1.29 is 4.39 Å². The Morgan fingerprint density at radius 2 is 2.00 bits per heavy atom. The predicted octanol–water partition coefficient (Wildman–Crippen LogP) is 2.38. The predicted molar refractivity (Wildman–Crippen MR) is 77.9 cm³/mol. The molecule has 2 rings (SSSR count). The van der Waals surface area contributed by atoms with Crippen molar-refractivity contribution in [3.05, 3.63) is 29.6 Å². The number of halogens is 1. The summed E-state index contributed by atoms with van der Waals surface area (Å²) < 4.78 is 14.2. The maximum atomic E-state index is 14.2. The molecule has 0 aliphatic carbocycles. The van der Waals surface area contributed by atoms with Crippen LogP contribution in [0, 0.1) is 5.82 Å². The summed E-state index contributed by atoms with van der Waals surface area (Å²) in [4.78, 5) is 4.40. The number of benzene rings is 1. The van der Waals surface area contributed by atoms with Gasteiger partial charge in [0, 0.05) is 19.1 Å². The topological polar surface area (TPSA) is 32.5 Å². The number of rotatable bonds is 3. The first kappa shape index (κ1) is 14.3. The van der Waals surface area contributed by atoms with Gasteiger partial charge in [0.2, 0.25) is 0 Å². The number of hydrogen-bond donors (Lipinski definition) is 1. The molecule has 1 aliphatic heterocycles. The molecule has 1 saturated heterocycles. The van der Waals surface area contributed by atoms with Crippen LogP contribution in [-0.4, -0.2) is 38.1 Å². The van der Waals surface area contributed by atoms with Gasteiger partial charge < -0.3 is 15.5 Å². The summed E-state index contributed by atoms with van der Waals surface area (Å²) in [6, 6.07) is 5.64. The van der Waals surface area contributed by atoms with Gasteiger partial charge in [0.25, 0.3) is 0 Å². The third-order valence-corrected chi connectivity index (χ3v) is 4.11. The molecule has 0 amide bonds. The highest BCUT2D eigenvalue weighted by molar-refractivity contribution is 5.50. The van der Waals surface area contributed by atoms with Gasteiger partial charge in [-0.05, 0) is 57.6 Å². The van der Waals surface area contributed by atoms with Gasteiger partial charge in [-0.15, -0.1) is 0 Å². The molecule has 106 valence electrons. The zero-order valence-corrected chi connectivity index (χ0v) is 12.1. The Labute approximate surface area is 115 Å². The second kappa shape index (κ2) is 5.88. The van der Waals surface area contributed by atoms with Crippen LogP contribution in [0.15, 0.2) is 18.2 Å². The first-order chi connectivity index (χ1) is 8.99. The molecule has 3 nitrogen and oxygen atoms in total. The van der Waals surface area contributed by atoms with Crippen LogP contribution in [-0.2, 0) is 0 Å². The van der Waals surface area contributed by atoms with Gasteiger partial charge in [0.05, 0.1) is 5.69 Å². The molecule has 2 N–H and O–H groups in total. The second-order valence-corrected chi connectivity index (χ2v) is 5.64. The normalized spacial score (nSPS) is 19.4. The molecule has 1 fully saturated rings. The summed E-state index contributed by atoms with van der Waals surface area (Å²) in [5.41, 5.74) is 7.31. The second-order valence-electron chi connectivity index (χ2n) is 5.64. The van der Waals surface area contributed by atoms with Crippen molar-refractivity contribution in [2.45, 2.75) is 31.8 Å². The summed E-state index contributed by atoms with van der Waals surface area (Å²) in [7, 11) is 4.12. The molecule has 1 aliphatic rings. The van der Waals surface area contributed by atoms with E-state index in [2.05, 4.69) is 16.8 Å². The molecule has 0 radical (unpaired) electrons. The minimum absolute atomic E-state index is 0.128. The number of anilines is 1. The molecule has 19 heavy (non-hydrogen) atoms. The van der Waals surface area contributed by atoms with Crippen molar-refractivity contribution >= 4 is 5.69 Å². The standard InChI is InChI=1S/C15H24FN3/c1-11(17)12-4-5-15(14(16)10-12)19(3)13-6-8-18(2)9-7-13/h4-5,10-11,13H,6-9,17H2,1-3H3/t11-/m1/s1. The zero-order chi connectivity index (χ0) is 14.0. The van der Waals surface area contributed by atoms with Crippen LogP contribution in [0.1, 0.15) is 31.4 Å². The Hall–Kier alpha value is -1.13. The largest absolute Gasteiger partial charge is 0.369 e. The number of nitrogens with zero attached hydrogens (tertiary/aromatic N) is 2. The average molecular weight is 265 g/mol. The van der Waals surface area contributed by atoms with Crippen LogP contribution in [0.2, 0.25) is 0 Å². The van der Waals surface area contributed by atoms with E-state index < -0.39 is 0 Å². The lowest BCUT2D eigenvalue weighted by Gasteiger charge is -2.36. The molecular formula is C15H24FN3. The van der Waals surface area contributed by atoms with Crippen LogP contribution < -0.4 is 10.6 Å². The molecular weight excluding hydrogens is 241 g/mol. The Balaban J connectivity index is 2.12. The number of hydrogen-bond acceptors (Lipinski definition) is 3. The van der Waals surface area contributed by atoms with Crippen molar-refractivity contribution in [2.24, 2.45) is 5.73 Å². The third-order valence-electron chi connectivity index (χ3n) is 4.11. The maximum Gasteiger partial charge on any atom is 0.146 e. The van der Waals surface area contributed by atoms with Crippen molar-refractivity contribution in [1.29, 1.82) is 0 Å². The smallest absolute Gasteiger partial charge is 0.146 e. The van der Waals surface area contributed by atoms with Crippen molar-refractivity contribution in [3.63, 3.8) is 0 Å². The Kier molecular flexibility index (Phi) is 4.42. The quantitative estimate of drug-likeness (QED) is 0.910. The highest BCUT2D eigenvalue weighted by Gasteiger charge is 2.22. The molecule has 0 saturated carbocycles. The van der Waals surface area contributed by atoms with E-state index in [0.29, 0.717) is 11.7 Å². The maximum absolute atomic E-state index is 14.2. The molecule has 0 spiro atoms. The molecule has 1 aromatic carbocycles. The van der Waals surface area contributed by atoms with Gasteiger partial charge >= 0.3 is 0 Å². The SMILES string of the molecule is C[C@@H](N)c1ccc(N(C)C2CCN(C)CC2)c(F)c1. The van der Waals surface area contributed by atoms with Crippen LogP contribution >= 0.6 is 0 Å². The zero-order valence-electron chi connectivity index (χ0n) is 12.1. The van der Waals surface area contributed by atoms with E-state index >= 15 is 0 Å². The van der Waals surface area contributed by atoms with E-state index in [1.54, 1.807) is 6.07 Å². The van der Waals surface area contributed by atoms with Gasteiger partial charge in [-0.3, -0.25) is 0 Å². The van der Waals surface area contributed by atoms with E-state index in [9.17, 15) is 4.39 Å². The molecule has 1 aromatic rings. The summed E-state index contributed by atoms with van der Waals surface area (Å²) in [5, 5.41) is 0. The Bertz CT molecular complexity index is 425. The summed E-state index contributed by atoms with van der Waals surface area (Å²) in [5.74, 6) is -0.170. The molecule has 0 bridgehead atoms. The lowest BCUT2D eigenvalue weighted by atomic mass is 10.0. The van der Waals surface area contributed by atoms with Crippen LogP contribution in [0.25, 0.3) is 0 Å². The van der Waals surface area contributed by atoms with Gasteiger partial charge in [-0.25, -0.2) is 4.39 Å². The van der Waals surface area contributed by atoms with E-state index in [4.69, 9.17) is 5.73 Å². The average Bonchev–Trinajstić information content (AvgIpc) is 2.38. The van der Waals surface area contributed by atoms with E-state index in [0.717, 1.165) is 31.5 Å². The van der Waals surface area contributed by atoms with E-state index in [1.165, 1.54) is 0 Å². The van der Waals surface area contributed by atoms with Gasteiger partial charge in [0.1, 0.15) is 5.82 Å². The fraction of sp³-hybridized carbons (Fsp3) is 0.600. The fourth-order valence-corrected chi connectivity index (χ4v) is 2.67. The Morgan fingerprint density at radius 1 is 1.37 bits per heavy atom. The van der Waals surface area contributed by atoms with Crippen LogP contribution in [0.4, 0.5) is 10.1 Å². The van der Waals surface area contributed by atoms with Crippen molar-refractivity contribution in [3.8, 4) is 0 Å². The number of nitrogens with two attached hydrogens (primary N) is 1. The van der Waals surface area contributed by atoms with Gasteiger partial charge in [-0.1, -0.05) is 6.07 Å². The van der Waals surface area contributed by atoms with Crippen LogP contribution in [0.5, 0.6) is 0 Å². The highest BCUT2D eigenvalue weighted by Crippen LogP contribution is 2.26. The molecule has 1 heterocycles. The lowest BCUT2D eigenvalue weighted by Crippen LogP contribution is -2.42. The van der Waals surface area contributed by atoms with E-state index in [-0.39, 0.29) is 11.9 Å². The summed E-state index contributed by atoms with van der Waals surface area (Å²) in [6.07, 6.45) is 2.17. The lowest BCUT2D eigenvalue weighted by molar-refractivity contribution is 0.252. The monoisotopic (exact) mass is 265 g/mol. The molecule has 1 atom stereocenters. The Morgan fingerprint density at radius 3 is 2.53 bits per heavy atom. The van der Waals surface area contributed by atoms with Crippen molar-refractivity contribution in [2.75, 3.05) is 32.1 Å². The molecule has 0 aromatic heterocycles. The minimum atomic E-state index is -0.170. The third kappa shape index (κ3) is 3.25. The van der Waals surface area contributed by atoms with Gasteiger partial charge in [-0.2, -0.15) is 0 Å². The first-order valence-electron chi connectivity index (χ1n) is 6.95. The van der Waals surface area contributed by atoms with E-state index in [1.807, 2.05) is 26.1 Å². The van der Waals surface area contributed by atoms with Crippen molar-refractivity contribution in [1.82, 2.24) is 4.90 Å². The first-order valence-corrected chi connectivity index (χ1v) is 6.95. The minimum Gasteiger partial charge on any atom is -0.369 e. The summed E-state index contributed by atoms with van der Waals surface area (Å²) in [6.45, 7) is 4.03. The number of likely N-dealkylation sites (tertiary alicyclic amines) is 1. The fourth-order valence-electron chi connectivity index (χ4n) is 2.67. The van der Waals surface area contributed by atoms with Gasteiger partial charge in [0.15, 0.2) is 0 Å².